The number of halogens is 3. The van der Waals surface area contributed by atoms with Gasteiger partial charge in [-0.1, -0.05) is 5.16 Å². The van der Waals surface area contributed by atoms with Crippen molar-refractivity contribution in [3.05, 3.63) is 34.1 Å². The predicted molar refractivity (Wildman–Crippen MR) is 68.7 cm³/mol. The SMILES string of the molecule is O[C@@H]1CN[C@@H](c2nc(-c3ccc(F)c(F)c3Br)no2)C1. The maximum atomic E-state index is 13.5. The van der Waals surface area contributed by atoms with E-state index in [4.69, 9.17) is 4.52 Å². The number of aromatic nitrogens is 2. The lowest BCUT2D eigenvalue weighted by molar-refractivity contribution is 0.191. The zero-order valence-electron chi connectivity index (χ0n) is 10.1. The lowest BCUT2D eigenvalue weighted by atomic mass is 10.2. The first-order valence-corrected chi connectivity index (χ1v) is 6.74. The first-order chi connectivity index (χ1) is 9.56. The number of nitrogens with one attached hydrogen (secondary N) is 1. The molecule has 0 unspecified atom stereocenters. The van der Waals surface area contributed by atoms with E-state index in [1.165, 1.54) is 6.07 Å². The third kappa shape index (κ3) is 2.34. The van der Waals surface area contributed by atoms with Gasteiger partial charge in [-0.25, -0.2) is 8.78 Å². The molecular formula is C12H10BrF2N3O2. The molecular weight excluding hydrogens is 336 g/mol. The molecule has 0 bridgehead atoms. The van der Waals surface area contributed by atoms with Crippen LogP contribution in [0.3, 0.4) is 0 Å². The molecule has 1 aromatic carbocycles. The summed E-state index contributed by atoms with van der Waals surface area (Å²) in [6, 6.07) is 2.15. The van der Waals surface area contributed by atoms with Crippen LogP contribution < -0.4 is 5.32 Å². The van der Waals surface area contributed by atoms with Crippen LogP contribution in [-0.4, -0.2) is 27.9 Å². The highest BCUT2D eigenvalue weighted by molar-refractivity contribution is 9.10. The van der Waals surface area contributed by atoms with Crippen LogP contribution in [-0.2, 0) is 0 Å². The summed E-state index contributed by atoms with van der Waals surface area (Å²) in [4.78, 5) is 4.16. The van der Waals surface area contributed by atoms with Crippen LogP contribution >= 0.6 is 15.9 Å². The predicted octanol–water partition coefficient (Wildman–Crippen LogP) is 2.17. The number of rotatable bonds is 2. The third-order valence-electron chi connectivity index (χ3n) is 3.12. The Hall–Kier alpha value is -1.38. The van der Waals surface area contributed by atoms with Crippen LogP contribution in [0.4, 0.5) is 8.78 Å². The third-order valence-corrected chi connectivity index (χ3v) is 3.90. The molecule has 20 heavy (non-hydrogen) atoms. The number of benzene rings is 1. The van der Waals surface area contributed by atoms with Crippen LogP contribution in [0.1, 0.15) is 18.4 Å². The van der Waals surface area contributed by atoms with Gasteiger partial charge in [-0.3, -0.25) is 0 Å². The van der Waals surface area contributed by atoms with Gasteiger partial charge in [0.05, 0.1) is 16.6 Å². The number of aliphatic hydroxyl groups is 1. The van der Waals surface area contributed by atoms with Crippen LogP contribution in [0.5, 0.6) is 0 Å². The minimum Gasteiger partial charge on any atom is -0.392 e. The van der Waals surface area contributed by atoms with Crippen LogP contribution in [0.25, 0.3) is 11.4 Å². The Balaban J connectivity index is 1.92. The van der Waals surface area contributed by atoms with Gasteiger partial charge in [0.15, 0.2) is 11.6 Å². The monoisotopic (exact) mass is 345 g/mol. The van der Waals surface area contributed by atoms with Crippen LogP contribution in [0.15, 0.2) is 21.1 Å². The fourth-order valence-electron chi connectivity index (χ4n) is 2.09. The minimum absolute atomic E-state index is 0.0516. The molecule has 5 nitrogen and oxygen atoms in total. The van der Waals surface area contributed by atoms with Gasteiger partial charge in [-0.2, -0.15) is 4.98 Å². The van der Waals surface area contributed by atoms with Crippen molar-refractivity contribution >= 4 is 15.9 Å². The zero-order chi connectivity index (χ0) is 14.3. The van der Waals surface area contributed by atoms with Crippen molar-refractivity contribution in [2.24, 2.45) is 0 Å². The van der Waals surface area contributed by atoms with Gasteiger partial charge in [-0.05, 0) is 34.5 Å². The number of aliphatic hydroxyl groups excluding tert-OH is 1. The number of hydrogen-bond donors (Lipinski definition) is 2. The molecule has 0 saturated carbocycles. The fourth-order valence-corrected chi connectivity index (χ4v) is 2.59. The highest BCUT2D eigenvalue weighted by atomic mass is 79.9. The van der Waals surface area contributed by atoms with Crippen molar-refractivity contribution in [3.8, 4) is 11.4 Å². The summed E-state index contributed by atoms with van der Waals surface area (Å²) >= 11 is 2.98. The van der Waals surface area contributed by atoms with Crippen LogP contribution in [0, 0.1) is 11.6 Å². The molecule has 1 fully saturated rings. The summed E-state index contributed by atoms with van der Waals surface area (Å²) in [6.45, 7) is 0.456. The molecule has 0 amide bonds. The molecule has 106 valence electrons. The Bertz CT molecular complexity index is 650. The number of β-amino-alcohol motifs (C(OH)–C–C–N with tert-alkyl or cyclic N) is 1. The van der Waals surface area contributed by atoms with Gasteiger partial charge in [0.2, 0.25) is 11.7 Å². The lowest BCUT2D eigenvalue weighted by Crippen LogP contribution is -2.15. The molecule has 1 aliphatic rings. The van der Waals surface area contributed by atoms with Crippen molar-refractivity contribution in [1.29, 1.82) is 0 Å². The summed E-state index contributed by atoms with van der Waals surface area (Å²) in [6.07, 6.45) is 0.0194. The lowest BCUT2D eigenvalue weighted by Gasteiger charge is -2.02. The summed E-state index contributed by atoms with van der Waals surface area (Å²) in [5, 5.41) is 16.2. The molecule has 1 aromatic heterocycles. The highest BCUT2D eigenvalue weighted by Crippen LogP contribution is 2.31. The molecule has 2 atom stereocenters. The van der Waals surface area contributed by atoms with Crippen molar-refractivity contribution in [1.82, 2.24) is 15.5 Å². The maximum absolute atomic E-state index is 13.5. The summed E-state index contributed by atoms with van der Waals surface area (Å²) in [5.41, 5.74) is 0.303. The van der Waals surface area contributed by atoms with Gasteiger partial charge in [0.1, 0.15) is 0 Å². The maximum Gasteiger partial charge on any atom is 0.244 e. The Morgan fingerprint density at radius 3 is 2.90 bits per heavy atom. The largest absolute Gasteiger partial charge is 0.392 e. The van der Waals surface area contributed by atoms with Gasteiger partial charge >= 0.3 is 0 Å². The molecule has 1 saturated heterocycles. The topological polar surface area (TPSA) is 71.2 Å². The van der Waals surface area contributed by atoms with Crippen LogP contribution in [0.2, 0.25) is 0 Å². The zero-order valence-corrected chi connectivity index (χ0v) is 11.7. The average molecular weight is 346 g/mol. The quantitative estimate of drug-likeness (QED) is 0.816. The highest BCUT2D eigenvalue weighted by Gasteiger charge is 2.28. The van der Waals surface area contributed by atoms with Crippen molar-refractivity contribution in [2.75, 3.05) is 6.54 Å². The Kier molecular flexibility index (Phi) is 3.53. The molecule has 8 heteroatoms. The van der Waals surface area contributed by atoms with Gasteiger partial charge in [-0.15, -0.1) is 0 Å². The van der Waals surface area contributed by atoms with E-state index in [0.29, 0.717) is 24.4 Å². The van der Waals surface area contributed by atoms with E-state index in [1.807, 2.05) is 0 Å². The molecule has 0 spiro atoms. The number of hydrogen-bond acceptors (Lipinski definition) is 5. The Morgan fingerprint density at radius 1 is 1.40 bits per heavy atom. The van der Waals surface area contributed by atoms with E-state index in [9.17, 15) is 13.9 Å². The van der Waals surface area contributed by atoms with Crippen molar-refractivity contribution in [2.45, 2.75) is 18.6 Å². The smallest absolute Gasteiger partial charge is 0.244 e. The molecule has 3 rings (SSSR count). The van der Waals surface area contributed by atoms with E-state index < -0.39 is 17.7 Å². The molecule has 2 aromatic rings. The second-order valence-electron chi connectivity index (χ2n) is 4.53. The fraction of sp³-hybridized carbons (Fsp3) is 0.333. The normalized spacial score (nSPS) is 22.4. The van der Waals surface area contributed by atoms with E-state index in [-0.39, 0.29) is 16.3 Å². The second-order valence-corrected chi connectivity index (χ2v) is 5.32. The van der Waals surface area contributed by atoms with Crippen molar-refractivity contribution in [3.63, 3.8) is 0 Å². The van der Waals surface area contributed by atoms with E-state index in [1.54, 1.807) is 0 Å². The van der Waals surface area contributed by atoms with Gasteiger partial charge in [0.25, 0.3) is 0 Å². The number of nitrogens with zero attached hydrogens (tertiary/aromatic N) is 2. The van der Waals surface area contributed by atoms with Gasteiger partial charge < -0.3 is 14.9 Å². The molecule has 2 N–H and O–H groups in total. The summed E-state index contributed by atoms with van der Waals surface area (Å²) < 4.78 is 31.6. The average Bonchev–Trinajstić information content (AvgIpc) is 3.05. The summed E-state index contributed by atoms with van der Waals surface area (Å²) in [7, 11) is 0. The Morgan fingerprint density at radius 2 is 2.20 bits per heavy atom. The Labute approximate surface area is 121 Å². The second kappa shape index (κ2) is 5.19. The standard InChI is InChI=1S/C12H10BrF2N3O2/c13-9-6(1-2-7(14)10(9)15)11-17-12(20-18-11)8-3-5(19)4-16-8/h1-2,5,8,16,19H,3-4H2/t5-,8+/m0/s1. The molecule has 2 heterocycles. The van der Waals surface area contributed by atoms with E-state index >= 15 is 0 Å². The molecule has 0 aliphatic carbocycles. The van der Waals surface area contributed by atoms with Crippen molar-refractivity contribution < 1.29 is 18.4 Å². The van der Waals surface area contributed by atoms with E-state index in [0.717, 1.165) is 6.07 Å². The first-order valence-electron chi connectivity index (χ1n) is 5.95. The molecule has 1 aliphatic heterocycles. The minimum atomic E-state index is -0.997. The molecule has 0 radical (unpaired) electrons. The van der Waals surface area contributed by atoms with E-state index in [2.05, 4.69) is 31.4 Å². The first kappa shape index (κ1) is 13.6. The van der Waals surface area contributed by atoms with Gasteiger partial charge in [0, 0.05) is 12.1 Å². The summed E-state index contributed by atoms with van der Waals surface area (Å²) in [5.74, 6) is -1.48.